The van der Waals surface area contributed by atoms with Crippen LogP contribution in [0.5, 0.6) is 0 Å². The molecule has 54 heavy (non-hydrogen) atoms. The Bertz CT molecular complexity index is 1400. The Hall–Kier alpha value is -0.886. The van der Waals surface area contributed by atoms with Crippen LogP contribution in [-0.2, 0) is 26.6 Å². The van der Waals surface area contributed by atoms with Crippen LogP contribution in [-0.4, -0.2) is 78.7 Å². The smallest absolute Gasteiger partial charge is 0.373 e. The highest BCUT2D eigenvalue weighted by Gasteiger charge is 2.53. The van der Waals surface area contributed by atoms with Gasteiger partial charge in [-0.2, -0.15) is 0 Å². The van der Waals surface area contributed by atoms with Crippen molar-refractivity contribution in [3.63, 3.8) is 0 Å². The second kappa shape index (κ2) is 24.1. The highest BCUT2D eigenvalue weighted by molar-refractivity contribution is 8.76. The molecule has 0 aliphatic heterocycles. The van der Waals surface area contributed by atoms with E-state index in [1.54, 1.807) is 22.7 Å². The SMILES string of the molecule is CCCO[Si](OCCC)(OCCC)C(C)C(CSSCC(c1nc2ccccc2s1)C(C)[Si](OCCC)(OCCC)OCCC)c1nc2ccccc2s1. The van der Waals surface area contributed by atoms with Crippen LogP contribution in [0.2, 0.25) is 11.1 Å². The van der Waals surface area contributed by atoms with Crippen LogP contribution in [0.25, 0.3) is 20.4 Å². The van der Waals surface area contributed by atoms with Gasteiger partial charge in [0, 0.05) is 74.1 Å². The van der Waals surface area contributed by atoms with Crippen molar-refractivity contribution < 1.29 is 26.6 Å². The molecule has 0 aliphatic rings. The van der Waals surface area contributed by atoms with Crippen molar-refractivity contribution in [3.8, 4) is 0 Å². The quantitative estimate of drug-likeness (QED) is 0.0299. The van der Waals surface area contributed by atoms with E-state index in [1.165, 1.54) is 9.40 Å². The third-order valence-electron chi connectivity index (χ3n) is 9.20. The number of benzene rings is 2. The first-order chi connectivity index (χ1) is 26.3. The third-order valence-corrected chi connectivity index (χ3v) is 20.7. The van der Waals surface area contributed by atoms with E-state index in [0.717, 1.165) is 71.1 Å². The maximum Gasteiger partial charge on any atom is 0.504 e. The van der Waals surface area contributed by atoms with Crippen molar-refractivity contribution in [2.24, 2.45) is 0 Å². The van der Waals surface area contributed by atoms with Crippen LogP contribution < -0.4 is 0 Å². The predicted molar refractivity (Wildman–Crippen MR) is 237 cm³/mol. The summed E-state index contributed by atoms with van der Waals surface area (Å²) in [6, 6.07) is 16.9. The number of hydrogen-bond donors (Lipinski definition) is 0. The van der Waals surface area contributed by atoms with Gasteiger partial charge in [-0.15, -0.1) is 22.7 Å². The Kier molecular flexibility index (Phi) is 20.5. The zero-order valence-corrected chi connectivity index (χ0v) is 39.1. The number of thiazole rings is 2. The summed E-state index contributed by atoms with van der Waals surface area (Å²) in [7, 11) is -2.40. The summed E-state index contributed by atoms with van der Waals surface area (Å²) in [6.45, 7) is 21.2. The van der Waals surface area contributed by atoms with Gasteiger partial charge in [0.25, 0.3) is 0 Å². The molecule has 4 rings (SSSR count). The largest absolute Gasteiger partial charge is 0.504 e. The summed E-state index contributed by atoms with van der Waals surface area (Å²) in [5, 5.41) is 2.23. The van der Waals surface area contributed by atoms with E-state index in [0.29, 0.717) is 39.6 Å². The van der Waals surface area contributed by atoms with E-state index in [-0.39, 0.29) is 22.9 Å². The molecule has 2 aromatic heterocycles. The molecular formula is C40H64N2O6S4Si2. The molecule has 8 nitrogen and oxygen atoms in total. The van der Waals surface area contributed by atoms with Crippen LogP contribution in [0.4, 0.5) is 0 Å². The highest BCUT2D eigenvalue weighted by Crippen LogP contribution is 2.48. The minimum absolute atomic E-state index is 0.0159. The fourth-order valence-electron chi connectivity index (χ4n) is 6.20. The number of fused-ring (bicyclic) bond motifs is 2. The first kappa shape index (κ1) is 45.8. The van der Waals surface area contributed by atoms with Crippen molar-refractivity contribution in [3.05, 3.63) is 58.5 Å². The van der Waals surface area contributed by atoms with Gasteiger partial charge in [-0.05, 0) is 62.8 Å². The van der Waals surface area contributed by atoms with Gasteiger partial charge in [0.05, 0.1) is 30.4 Å². The van der Waals surface area contributed by atoms with Crippen LogP contribution in [0.15, 0.2) is 48.5 Å². The molecule has 0 N–H and O–H groups in total. The first-order valence-corrected chi connectivity index (χ1v) is 27.8. The molecule has 0 aliphatic carbocycles. The fourth-order valence-corrected chi connectivity index (χ4v) is 18.7. The Morgan fingerprint density at radius 2 is 0.796 bits per heavy atom. The van der Waals surface area contributed by atoms with Crippen LogP contribution >= 0.6 is 44.3 Å². The van der Waals surface area contributed by atoms with Gasteiger partial charge in [-0.1, -0.05) is 101 Å². The lowest BCUT2D eigenvalue weighted by Gasteiger charge is -2.38. The van der Waals surface area contributed by atoms with Gasteiger partial charge in [0.15, 0.2) is 0 Å². The molecule has 0 amide bonds. The summed E-state index contributed by atoms with van der Waals surface area (Å²) in [5.74, 6) is 1.85. The Balaban J connectivity index is 1.68. The molecule has 0 fully saturated rings. The Labute approximate surface area is 343 Å². The fraction of sp³-hybridized carbons (Fsp3) is 0.650. The van der Waals surface area contributed by atoms with Gasteiger partial charge < -0.3 is 26.6 Å². The second-order valence-corrected chi connectivity index (χ2v) is 24.3. The van der Waals surface area contributed by atoms with Gasteiger partial charge in [-0.3, -0.25) is 0 Å². The van der Waals surface area contributed by atoms with Crippen molar-refractivity contribution in [1.82, 2.24) is 9.97 Å². The highest BCUT2D eigenvalue weighted by atomic mass is 33.1. The normalized spacial score (nSPS) is 14.9. The summed E-state index contributed by atoms with van der Waals surface area (Å²) >= 11 is 3.57. The molecule has 0 saturated heterocycles. The number of para-hydroxylation sites is 2. The molecule has 2 aromatic carbocycles. The summed E-state index contributed by atoms with van der Waals surface area (Å²) in [4.78, 5) is 10.4. The molecular weight excluding hydrogens is 789 g/mol. The zero-order valence-electron chi connectivity index (χ0n) is 33.8. The lowest BCUT2D eigenvalue weighted by atomic mass is 10.1. The molecule has 302 valence electrons. The molecule has 0 radical (unpaired) electrons. The van der Waals surface area contributed by atoms with E-state index in [9.17, 15) is 0 Å². The van der Waals surface area contributed by atoms with Gasteiger partial charge in [0.2, 0.25) is 0 Å². The van der Waals surface area contributed by atoms with Gasteiger partial charge >= 0.3 is 17.6 Å². The second-order valence-electron chi connectivity index (χ2n) is 13.7. The van der Waals surface area contributed by atoms with E-state index >= 15 is 0 Å². The monoisotopic (exact) mass is 852 g/mol. The average Bonchev–Trinajstić information content (AvgIpc) is 3.83. The summed E-state index contributed by atoms with van der Waals surface area (Å²) < 4.78 is 42.8. The van der Waals surface area contributed by atoms with Crippen molar-refractivity contribution >= 4 is 82.3 Å². The molecule has 14 heteroatoms. The lowest BCUT2D eigenvalue weighted by Crippen LogP contribution is -2.52. The van der Waals surface area contributed by atoms with Crippen LogP contribution in [0, 0.1) is 0 Å². The topological polar surface area (TPSA) is 81.2 Å². The first-order valence-electron chi connectivity index (χ1n) is 20.1. The standard InChI is InChI=1S/C40H64N2O6S4Si2/c1-9-23-43-53(44-24-10-2,45-25-11-3)31(7)33(39-41-35-19-15-17-21-37(35)51-39)29-49-50-30-34(40-42-36-20-16-18-22-38(36)52-40)32(8)54(46-26-12-4,47-27-13-5)48-28-14-6/h15-22,31-34H,9-14,23-30H2,1-8H3. The van der Waals surface area contributed by atoms with Gasteiger partial charge in [-0.25, -0.2) is 9.97 Å². The van der Waals surface area contributed by atoms with Crippen molar-refractivity contribution in [1.29, 1.82) is 0 Å². The zero-order chi connectivity index (χ0) is 38.8. The average molecular weight is 853 g/mol. The number of hydrogen-bond acceptors (Lipinski definition) is 12. The van der Waals surface area contributed by atoms with Crippen LogP contribution in [0.1, 0.15) is 116 Å². The van der Waals surface area contributed by atoms with E-state index in [1.807, 2.05) is 21.6 Å². The van der Waals surface area contributed by atoms with Crippen molar-refractivity contribution in [2.45, 2.75) is 117 Å². The molecule has 2 heterocycles. The Morgan fingerprint density at radius 3 is 1.07 bits per heavy atom. The summed E-state index contributed by atoms with van der Waals surface area (Å²) in [6.07, 6.45) is 5.45. The number of nitrogens with zero attached hydrogens (tertiary/aromatic N) is 2. The molecule has 0 bridgehead atoms. The minimum Gasteiger partial charge on any atom is -0.373 e. The predicted octanol–water partition coefficient (Wildman–Crippen LogP) is 12.4. The molecule has 4 atom stereocenters. The third kappa shape index (κ3) is 12.3. The maximum absolute atomic E-state index is 6.73. The maximum atomic E-state index is 6.73. The number of aromatic nitrogens is 2. The van der Waals surface area contributed by atoms with E-state index in [4.69, 9.17) is 36.5 Å². The minimum atomic E-state index is -3.10. The number of rotatable bonds is 29. The molecule has 0 spiro atoms. The molecule has 0 saturated carbocycles. The van der Waals surface area contributed by atoms with E-state index < -0.39 is 17.6 Å². The lowest BCUT2D eigenvalue weighted by molar-refractivity contribution is 0.0481. The van der Waals surface area contributed by atoms with Crippen LogP contribution in [0.3, 0.4) is 0 Å². The Morgan fingerprint density at radius 1 is 0.500 bits per heavy atom. The summed E-state index contributed by atoms with van der Waals surface area (Å²) in [5.41, 5.74) is 2.11. The molecule has 4 aromatic rings. The van der Waals surface area contributed by atoms with E-state index in [2.05, 4.69) is 104 Å². The van der Waals surface area contributed by atoms with Crippen molar-refractivity contribution in [2.75, 3.05) is 51.1 Å². The van der Waals surface area contributed by atoms with Gasteiger partial charge in [0.1, 0.15) is 0 Å². The molecule has 4 unspecified atom stereocenters.